The molecule has 0 aliphatic heterocycles. The van der Waals surface area contributed by atoms with Crippen LogP contribution in [0.4, 0.5) is 0 Å². The average Bonchev–Trinajstić information content (AvgIpc) is 2.68. The van der Waals surface area contributed by atoms with Crippen LogP contribution in [0.1, 0.15) is 30.8 Å². The minimum atomic E-state index is 0.632. The summed E-state index contributed by atoms with van der Waals surface area (Å²) in [5, 5.41) is 8.78. The highest BCUT2D eigenvalue weighted by atomic mass is 79.9. The van der Waals surface area contributed by atoms with Crippen molar-refractivity contribution in [1.82, 2.24) is 15.1 Å². The highest BCUT2D eigenvalue weighted by Gasteiger charge is 2.14. The van der Waals surface area contributed by atoms with Gasteiger partial charge in [-0.1, -0.05) is 47.4 Å². The molecule has 0 saturated carbocycles. The van der Waals surface area contributed by atoms with E-state index in [1.54, 1.807) is 0 Å². The SMILES string of the molecule is Cc1nn(-c2cc(Br)ccc2CNCC(C)C)c(C)c1Cl. The monoisotopic (exact) mass is 369 g/mol. The summed E-state index contributed by atoms with van der Waals surface area (Å²) < 4.78 is 2.96. The van der Waals surface area contributed by atoms with Gasteiger partial charge < -0.3 is 5.32 Å². The molecule has 0 spiro atoms. The molecule has 114 valence electrons. The Morgan fingerprint density at radius 2 is 2.05 bits per heavy atom. The maximum absolute atomic E-state index is 6.28. The van der Waals surface area contributed by atoms with Gasteiger partial charge in [0, 0.05) is 11.0 Å². The first-order chi connectivity index (χ1) is 9.90. The van der Waals surface area contributed by atoms with Crippen LogP contribution >= 0.6 is 27.5 Å². The van der Waals surface area contributed by atoms with Crippen LogP contribution in [0.5, 0.6) is 0 Å². The zero-order chi connectivity index (χ0) is 15.6. The summed E-state index contributed by atoms with van der Waals surface area (Å²) in [5.41, 5.74) is 4.10. The molecule has 1 N–H and O–H groups in total. The average molecular weight is 371 g/mol. The lowest BCUT2D eigenvalue weighted by Crippen LogP contribution is -2.20. The number of nitrogens with zero attached hydrogens (tertiary/aromatic N) is 2. The molecular formula is C16H21BrClN3. The van der Waals surface area contributed by atoms with Crippen LogP contribution in [0.15, 0.2) is 22.7 Å². The number of nitrogens with one attached hydrogen (secondary N) is 1. The van der Waals surface area contributed by atoms with E-state index >= 15 is 0 Å². The Kier molecular flexibility index (Phi) is 5.47. The third-order valence-corrected chi connectivity index (χ3v) is 4.39. The molecule has 0 aliphatic carbocycles. The predicted molar refractivity (Wildman–Crippen MR) is 92.3 cm³/mol. The van der Waals surface area contributed by atoms with E-state index < -0.39 is 0 Å². The summed E-state index contributed by atoms with van der Waals surface area (Å²) in [4.78, 5) is 0. The van der Waals surface area contributed by atoms with Crippen LogP contribution in [0.2, 0.25) is 5.02 Å². The zero-order valence-corrected chi connectivity index (χ0v) is 15.2. The molecule has 0 atom stereocenters. The highest BCUT2D eigenvalue weighted by Crippen LogP contribution is 2.26. The van der Waals surface area contributed by atoms with Crippen molar-refractivity contribution in [3.8, 4) is 5.69 Å². The largest absolute Gasteiger partial charge is 0.312 e. The Morgan fingerprint density at radius 1 is 1.33 bits per heavy atom. The van der Waals surface area contributed by atoms with Crippen LogP contribution in [0, 0.1) is 19.8 Å². The van der Waals surface area contributed by atoms with Crippen molar-refractivity contribution in [1.29, 1.82) is 0 Å². The van der Waals surface area contributed by atoms with Crippen molar-refractivity contribution in [3.63, 3.8) is 0 Å². The maximum Gasteiger partial charge on any atom is 0.0848 e. The summed E-state index contributed by atoms with van der Waals surface area (Å²) in [6, 6.07) is 6.27. The molecule has 2 rings (SSSR count). The Morgan fingerprint density at radius 3 is 2.62 bits per heavy atom. The van der Waals surface area contributed by atoms with Gasteiger partial charge in [0.15, 0.2) is 0 Å². The van der Waals surface area contributed by atoms with Gasteiger partial charge in [0.25, 0.3) is 0 Å². The smallest absolute Gasteiger partial charge is 0.0848 e. The maximum atomic E-state index is 6.28. The van der Waals surface area contributed by atoms with E-state index in [0.717, 1.165) is 39.7 Å². The molecule has 1 heterocycles. The molecule has 0 fully saturated rings. The zero-order valence-electron chi connectivity index (χ0n) is 12.9. The van der Waals surface area contributed by atoms with Gasteiger partial charge in [-0.3, -0.25) is 0 Å². The van der Waals surface area contributed by atoms with Crippen molar-refractivity contribution in [2.75, 3.05) is 6.54 Å². The van der Waals surface area contributed by atoms with E-state index in [4.69, 9.17) is 11.6 Å². The van der Waals surface area contributed by atoms with E-state index in [1.165, 1.54) is 5.56 Å². The van der Waals surface area contributed by atoms with Gasteiger partial charge >= 0.3 is 0 Å². The number of benzene rings is 1. The summed E-state index contributed by atoms with van der Waals surface area (Å²) >= 11 is 9.82. The van der Waals surface area contributed by atoms with Gasteiger partial charge in [-0.15, -0.1) is 0 Å². The van der Waals surface area contributed by atoms with Crippen LogP contribution in [0.3, 0.4) is 0 Å². The molecule has 21 heavy (non-hydrogen) atoms. The number of aryl methyl sites for hydroxylation is 1. The Labute approximate surface area is 139 Å². The van der Waals surface area contributed by atoms with Crippen molar-refractivity contribution in [3.05, 3.63) is 44.6 Å². The molecule has 1 aromatic carbocycles. The minimum Gasteiger partial charge on any atom is -0.312 e. The summed E-state index contributed by atoms with van der Waals surface area (Å²) in [5.74, 6) is 0.632. The second-order valence-corrected chi connectivity index (χ2v) is 6.99. The topological polar surface area (TPSA) is 29.9 Å². The first kappa shape index (κ1) is 16.5. The van der Waals surface area contributed by atoms with Crippen LogP contribution in [-0.2, 0) is 6.54 Å². The molecule has 2 aromatic rings. The fraction of sp³-hybridized carbons (Fsp3) is 0.438. The van der Waals surface area contributed by atoms with Crippen molar-refractivity contribution in [2.24, 2.45) is 5.92 Å². The second kappa shape index (κ2) is 6.95. The molecule has 0 unspecified atom stereocenters. The Balaban J connectivity index is 2.37. The first-order valence-electron chi connectivity index (χ1n) is 7.11. The fourth-order valence-electron chi connectivity index (χ4n) is 2.24. The molecule has 1 aromatic heterocycles. The first-order valence-corrected chi connectivity index (χ1v) is 8.28. The van der Waals surface area contributed by atoms with Gasteiger partial charge in [0.05, 0.1) is 22.1 Å². The van der Waals surface area contributed by atoms with Crippen LogP contribution in [0.25, 0.3) is 5.69 Å². The molecule has 0 radical (unpaired) electrons. The standard InChI is InChI=1S/C16H21BrClN3/c1-10(2)8-19-9-13-5-6-14(17)7-15(13)21-12(4)16(18)11(3)20-21/h5-7,10,19H,8-9H2,1-4H3. The van der Waals surface area contributed by atoms with E-state index in [2.05, 4.69) is 58.4 Å². The number of aromatic nitrogens is 2. The van der Waals surface area contributed by atoms with E-state index in [1.807, 2.05) is 18.5 Å². The summed E-state index contributed by atoms with van der Waals surface area (Å²) in [6.45, 7) is 10.1. The molecular weight excluding hydrogens is 350 g/mol. The van der Waals surface area contributed by atoms with Crippen molar-refractivity contribution < 1.29 is 0 Å². The predicted octanol–water partition coefficient (Wildman–Crippen LogP) is 4.65. The van der Waals surface area contributed by atoms with Crippen LogP contribution in [-0.4, -0.2) is 16.3 Å². The highest BCUT2D eigenvalue weighted by molar-refractivity contribution is 9.10. The molecule has 5 heteroatoms. The summed E-state index contributed by atoms with van der Waals surface area (Å²) in [7, 11) is 0. The molecule has 0 aliphatic rings. The van der Waals surface area contributed by atoms with Crippen molar-refractivity contribution >= 4 is 27.5 Å². The van der Waals surface area contributed by atoms with Crippen LogP contribution < -0.4 is 5.32 Å². The van der Waals surface area contributed by atoms with Gasteiger partial charge in [0.1, 0.15) is 0 Å². The van der Waals surface area contributed by atoms with Gasteiger partial charge in [-0.05, 0) is 44.0 Å². The van der Waals surface area contributed by atoms with E-state index in [9.17, 15) is 0 Å². The van der Waals surface area contributed by atoms with E-state index in [0.29, 0.717) is 5.92 Å². The number of hydrogen-bond acceptors (Lipinski definition) is 2. The molecule has 3 nitrogen and oxygen atoms in total. The lowest BCUT2D eigenvalue weighted by Gasteiger charge is -2.14. The summed E-state index contributed by atoms with van der Waals surface area (Å²) in [6.07, 6.45) is 0. The third kappa shape index (κ3) is 3.87. The van der Waals surface area contributed by atoms with Gasteiger partial charge in [-0.2, -0.15) is 5.10 Å². The van der Waals surface area contributed by atoms with Gasteiger partial charge in [0.2, 0.25) is 0 Å². The fourth-order valence-corrected chi connectivity index (χ4v) is 2.70. The Hall–Kier alpha value is -0.840. The number of hydrogen-bond donors (Lipinski definition) is 1. The molecule has 0 bridgehead atoms. The quantitative estimate of drug-likeness (QED) is 0.830. The normalized spacial score (nSPS) is 11.4. The van der Waals surface area contributed by atoms with Crippen molar-refractivity contribution in [2.45, 2.75) is 34.2 Å². The Bertz CT molecular complexity index is 635. The lowest BCUT2D eigenvalue weighted by atomic mass is 10.1. The molecule has 0 saturated heterocycles. The van der Waals surface area contributed by atoms with E-state index in [-0.39, 0.29) is 0 Å². The minimum absolute atomic E-state index is 0.632. The number of rotatable bonds is 5. The second-order valence-electron chi connectivity index (χ2n) is 5.69. The lowest BCUT2D eigenvalue weighted by molar-refractivity contribution is 0.551. The third-order valence-electron chi connectivity index (χ3n) is 3.35. The molecule has 0 amide bonds. The van der Waals surface area contributed by atoms with Gasteiger partial charge in [-0.25, -0.2) is 4.68 Å². The number of halogens is 2.